The third-order valence-electron chi connectivity index (χ3n) is 7.52. The number of carbonyl (C=O) groups is 1. The molecule has 4 heteroatoms. The molecule has 0 radical (unpaired) electrons. The van der Waals surface area contributed by atoms with E-state index in [1.807, 2.05) is 18.2 Å². The molecule has 3 aromatic carbocycles. The van der Waals surface area contributed by atoms with Gasteiger partial charge in [0.1, 0.15) is 0 Å². The van der Waals surface area contributed by atoms with E-state index in [-0.39, 0.29) is 5.78 Å². The zero-order valence-corrected chi connectivity index (χ0v) is 21.0. The van der Waals surface area contributed by atoms with Crippen LogP contribution in [0.25, 0.3) is 21.8 Å². The van der Waals surface area contributed by atoms with E-state index in [0.717, 1.165) is 49.7 Å². The highest BCUT2D eigenvalue weighted by Gasteiger charge is 2.18. The summed E-state index contributed by atoms with van der Waals surface area (Å²) in [4.78, 5) is 15.7. The maximum atomic E-state index is 13.4. The summed E-state index contributed by atoms with van der Waals surface area (Å²) in [5.41, 5.74) is 5.11. The molecule has 1 unspecified atom stereocenters. The van der Waals surface area contributed by atoms with Crippen LogP contribution in [0.5, 0.6) is 0 Å². The summed E-state index contributed by atoms with van der Waals surface area (Å²) in [6.45, 7) is 8.89. The van der Waals surface area contributed by atoms with E-state index in [4.69, 9.17) is 4.74 Å². The Morgan fingerprint density at radius 3 is 2.34 bits per heavy atom. The summed E-state index contributed by atoms with van der Waals surface area (Å²) in [5, 5.41) is 2.40. The minimum absolute atomic E-state index is 0.0756. The summed E-state index contributed by atoms with van der Waals surface area (Å²) < 4.78 is 7.93. The van der Waals surface area contributed by atoms with Crippen LogP contribution < -0.4 is 4.90 Å². The van der Waals surface area contributed by atoms with Crippen LogP contribution in [-0.4, -0.2) is 36.7 Å². The second kappa shape index (κ2) is 10.7. The zero-order valence-electron chi connectivity index (χ0n) is 21.0. The SMILES string of the molecule is CCCCC(CC)Cn1c2ccccc2c2cc(C(=O)c3ccc(N4CCOCC4)cc3)ccc21. The van der Waals surface area contributed by atoms with Crippen molar-refractivity contribution in [2.75, 3.05) is 31.2 Å². The van der Waals surface area contributed by atoms with Gasteiger partial charge in [-0.15, -0.1) is 0 Å². The smallest absolute Gasteiger partial charge is 0.193 e. The predicted molar refractivity (Wildman–Crippen MR) is 146 cm³/mol. The molecule has 1 saturated heterocycles. The van der Waals surface area contributed by atoms with E-state index in [1.54, 1.807) is 0 Å². The molecule has 2 heterocycles. The molecule has 4 nitrogen and oxygen atoms in total. The van der Waals surface area contributed by atoms with Gasteiger partial charge in [0.05, 0.1) is 13.2 Å². The quantitative estimate of drug-likeness (QED) is 0.246. The maximum Gasteiger partial charge on any atom is 0.193 e. The second-order valence-corrected chi connectivity index (χ2v) is 9.75. The van der Waals surface area contributed by atoms with Crippen LogP contribution in [-0.2, 0) is 11.3 Å². The van der Waals surface area contributed by atoms with Crippen LogP contribution >= 0.6 is 0 Å². The molecular formula is C31H36N2O2. The van der Waals surface area contributed by atoms with Gasteiger partial charge in [0.25, 0.3) is 0 Å². The maximum absolute atomic E-state index is 13.4. The largest absolute Gasteiger partial charge is 0.378 e. The monoisotopic (exact) mass is 468 g/mol. The molecule has 1 atom stereocenters. The number of hydrogen-bond acceptors (Lipinski definition) is 3. The number of rotatable bonds is 9. The first-order valence-electron chi connectivity index (χ1n) is 13.2. The number of fused-ring (bicyclic) bond motifs is 3. The van der Waals surface area contributed by atoms with Gasteiger partial charge in [-0.3, -0.25) is 4.79 Å². The average molecular weight is 469 g/mol. The first kappa shape index (κ1) is 23.6. The lowest BCUT2D eigenvalue weighted by atomic mass is 9.99. The van der Waals surface area contributed by atoms with Crippen LogP contribution in [0.3, 0.4) is 0 Å². The van der Waals surface area contributed by atoms with Crippen molar-refractivity contribution in [3.8, 4) is 0 Å². The third kappa shape index (κ3) is 4.85. The van der Waals surface area contributed by atoms with Gasteiger partial charge in [0, 0.05) is 58.3 Å². The fourth-order valence-corrected chi connectivity index (χ4v) is 5.38. The number of unbranched alkanes of at least 4 members (excludes halogenated alkanes) is 1. The van der Waals surface area contributed by atoms with E-state index >= 15 is 0 Å². The molecule has 182 valence electrons. The molecule has 1 fully saturated rings. The lowest BCUT2D eigenvalue weighted by Crippen LogP contribution is -2.36. The fourth-order valence-electron chi connectivity index (χ4n) is 5.38. The van der Waals surface area contributed by atoms with Gasteiger partial charge < -0.3 is 14.2 Å². The number of carbonyl (C=O) groups excluding carboxylic acids is 1. The van der Waals surface area contributed by atoms with Crippen LogP contribution in [0.4, 0.5) is 5.69 Å². The van der Waals surface area contributed by atoms with Crippen molar-refractivity contribution < 1.29 is 9.53 Å². The van der Waals surface area contributed by atoms with Gasteiger partial charge in [0.2, 0.25) is 0 Å². The number of hydrogen-bond donors (Lipinski definition) is 0. The van der Waals surface area contributed by atoms with Gasteiger partial charge in [-0.2, -0.15) is 0 Å². The summed E-state index contributed by atoms with van der Waals surface area (Å²) in [7, 11) is 0. The molecule has 0 bridgehead atoms. The van der Waals surface area contributed by atoms with Gasteiger partial charge in [-0.1, -0.05) is 51.3 Å². The van der Waals surface area contributed by atoms with Crippen molar-refractivity contribution in [2.45, 2.75) is 46.1 Å². The first-order chi connectivity index (χ1) is 17.2. The molecule has 0 saturated carbocycles. The topological polar surface area (TPSA) is 34.5 Å². The van der Waals surface area contributed by atoms with Crippen LogP contribution in [0, 0.1) is 5.92 Å². The highest BCUT2D eigenvalue weighted by molar-refractivity contribution is 6.14. The Bertz CT molecular complexity index is 1300. The Labute approximate surface area is 208 Å². The van der Waals surface area contributed by atoms with Gasteiger partial charge in [-0.25, -0.2) is 0 Å². The number of nitrogens with zero attached hydrogens (tertiary/aromatic N) is 2. The van der Waals surface area contributed by atoms with E-state index in [0.29, 0.717) is 5.92 Å². The fraction of sp³-hybridized carbons (Fsp3) is 0.387. The Kier molecular flexibility index (Phi) is 7.19. The summed E-state index contributed by atoms with van der Waals surface area (Å²) in [6, 6.07) is 22.9. The van der Waals surface area contributed by atoms with Crippen molar-refractivity contribution in [3.63, 3.8) is 0 Å². The van der Waals surface area contributed by atoms with Crippen molar-refractivity contribution in [2.24, 2.45) is 5.92 Å². The molecule has 0 aliphatic carbocycles. The standard InChI is InChI=1S/C31H36N2O2/c1-3-5-8-23(4-2)22-33-29-10-7-6-9-27(29)28-21-25(13-16-30(28)33)31(34)24-11-14-26(15-12-24)32-17-19-35-20-18-32/h6-7,9-16,21,23H,3-5,8,17-20,22H2,1-2H3. The predicted octanol–water partition coefficient (Wildman–Crippen LogP) is 7.08. The highest BCUT2D eigenvalue weighted by atomic mass is 16.5. The van der Waals surface area contributed by atoms with Gasteiger partial charge in [-0.05, 0) is 60.9 Å². The number of para-hydroxylation sites is 1. The number of anilines is 1. The molecule has 0 N–H and O–H groups in total. The van der Waals surface area contributed by atoms with Crippen LogP contribution in [0.1, 0.15) is 55.5 Å². The van der Waals surface area contributed by atoms with E-state index in [9.17, 15) is 4.79 Å². The summed E-state index contributed by atoms with van der Waals surface area (Å²) >= 11 is 0. The lowest BCUT2D eigenvalue weighted by molar-refractivity contribution is 0.103. The Morgan fingerprint density at radius 1 is 0.886 bits per heavy atom. The Morgan fingerprint density at radius 2 is 1.60 bits per heavy atom. The molecule has 1 aliphatic rings. The van der Waals surface area contributed by atoms with Crippen molar-refractivity contribution in [1.82, 2.24) is 4.57 Å². The molecular weight excluding hydrogens is 432 g/mol. The Hall–Kier alpha value is -3.11. The molecule has 0 spiro atoms. The highest BCUT2D eigenvalue weighted by Crippen LogP contribution is 2.32. The Balaban J connectivity index is 1.46. The number of aromatic nitrogens is 1. The zero-order chi connectivity index (χ0) is 24.2. The first-order valence-corrected chi connectivity index (χ1v) is 13.2. The second-order valence-electron chi connectivity index (χ2n) is 9.75. The van der Waals surface area contributed by atoms with Gasteiger partial charge >= 0.3 is 0 Å². The normalized spacial score (nSPS) is 15.1. The minimum Gasteiger partial charge on any atom is -0.378 e. The number of ketones is 1. The minimum atomic E-state index is 0.0756. The van der Waals surface area contributed by atoms with Gasteiger partial charge in [0.15, 0.2) is 5.78 Å². The molecule has 1 aliphatic heterocycles. The summed E-state index contributed by atoms with van der Waals surface area (Å²) in [5.74, 6) is 0.742. The van der Waals surface area contributed by atoms with Crippen molar-refractivity contribution >= 4 is 33.3 Å². The van der Waals surface area contributed by atoms with E-state index in [1.165, 1.54) is 47.5 Å². The average Bonchev–Trinajstić information content (AvgIpc) is 3.24. The summed E-state index contributed by atoms with van der Waals surface area (Å²) in [6.07, 6.45) is 4.96. The number of benzene rings is 3. The van der Waals surface area contributed by atoms with Crippen molar-refractivity contribution in [1.29, 1.82) is 0 Å². The van der Waals surface area contributed by atoms with E-state index in [2.05, 4.69) is 71.8 Å². The number of ether oxygens (including phenoxy) is 1. The molecule has 0 amide bonds. The van der Waals surface area contributed by atoms with Crippen molar-refractivity contribution in [3.05, 3.63) is 77.9 Å². The molecule has 5 rings (SSSR count). The van der Waals surface area contributed by atoms with Crippen LogP contribution in [0.15, 0.2) is 66.7 Å². The molecule has 35 heavy (non-hydrogen) atoms. The molecule has 4 aromatic rings. The number of morpholine rings is 1. The molecule has 1 aromatic heterocycles. The lowest BCUT2D eigenvalue weighted by Gasteiger charge is -2.28. The van der Waals surface area contributed by atoms with Crippen LogP contribution in [0.2, 0.25) is 0 Å². The third-order valence-corrected chi connectivity index (χ3v) is 7.52. The van der Waals surface area contributed by atoms with E-state index < -0.39 is 0 Å².